The van der Waals surface area contributed by atoms with Crippen molar-refractivity contribution in [1.29, 1.82) is 0 Å². The van der Waals surface area contributed by atoms with Gasteiger partial charge in [0.25, 0.3) is 5.76 Å². The highest BCUT2D eigenvalue weighted by molar-refractivity contribution is 5.97. The first-order valence-corrected chi connectivity index (χ1v) is 4.16. The Bertz CT molecular complexity index is 526. The molecule has 0 radical (unpaired) electrons. The highest BCUT2D eigenvalue weighted by Gasteiger charge is 2.19. The van der Waals surface area contributed by atoms with E-state index in [0.29, 0.717) is 16.7 Å². The molecule has 0 atom stereocenters. The van der Waals surface area contributed by atoms with Crippen molar-refractivity contribution >= 4 is 16.9 Å². The fourth-order valence-corrected chi connectivity index (χ4v) is 1.34. The van der Waals surface area contributed by atoms with E-state index in [-0.39, 0.29) is 5.75 Å². The molecule has 78 valence electrons. The molecule has 0 aliphatic carbocycles. The lowest BCUT2D eigenvalue weighted by atomic mass is 10.2. The lowest BCUT2D eigenvalue weighted by Crippen LogP contribution is -1.92. The van der Waals surface area contributed by atoms with Gasteiger partial charge in [0.05, 0.1) is 12.5 Å². The minimum atomic E-state index is -1.30. The van der Waals surface area contributed by atoms with Crippen molar-refractivity contribution in [3.8, 4) is 11.5 Å². The minimum absolute atomic E-state index is 0.311. The van der Waals surface area contributed by atoms with Crippen LogP contribution < -0.4 is 4.74 Å². The maximum absolute atomic E-state index is 10.7. The van der Waals surface area contributed by atoms with Gasteiger partial charge in [-0.25, -0.2) is 4.79 Å². The Morgan fingerprint density at radius 3 is 2.80 bits per heavy atom. The van der Waals surface area contributed by atoms with E-state index in [9.17, 15) is 9.90 Å². The Labute approximate surface area is 84.5 Å². The first kappa shape index (κ1) is 9.39. The molecule has 0 aliphatic rings. The molecule has 2 N–H and O–H groups in total. The van der Waals surface area contributed by atoms with Gasteiger partial charge in [-0.3, -0.25) is 0 Å². The number of carboxylic acid groups (broad SMARTS) is 1. The van der Waals surface area contributed by atoms with Crippen molar-refractivity contribution in [2.45, 2.75) is 0 Å². The molecule has 1 aromatic heterocycles. The van der Waals surface area contributed by atoms with E-state index in [1.54, 1.807) is 12.1 Å². The summed E-state index contributed by atoms with van der Waals surface area (Å²) < 4.78 is 9.90. The fraction of sp³-hybridized carbons (Fsp3) is 0.100. The van der Waals surface area contributed by atoms with Gasteiger partial charge < -0.3 is 19.4 Å². The van der Waals surface area contributed by atoms with E-state index in [1.807, 2.05) is 0 Å². The van der Waals surface area contributed by atoms with Gasteiger partial charge in [-0.2, -0.15) is 0 Å². The number of aromatic hydroxyl groups is 1. The third-order valence-electron chi connectivity index (χ3n) is 2.06. The third-order valence-corrected chi connectivity index (χ3v) is 2.06. The Kier molecular flexibility index (Phi) is 2.00. The number of hydrogen-bond acceptors (Lipinski definition) is 4. The van der Waals surface area contributed by atoms with Gasteiger partial charge in [-0.1, -0.05) is 0 Å². The highest BCUT2D eigenvalue weighted by atomic mass is 16.5. The molecule has 0 bridgehead atoms. The fourth-order valence-electron chi connectivity index (χ4n) is 1.34. The van der Waals surface area contributed by atoms with Crippen LogP contribution in [0.1, 0.15) is 10.6 Å². The molecule has 0 aliphatic heterocycles. The van der Waals surface area contributed by atoms with Gasteiger partial charge in [-0.05, 0) is 18.2 Å². The molecule has 1 heterocycles. The molecule has 0 unspecified atom stereocenters. The molecule has 5 heteroatoms. The van der Waals surface area contributed by atoms with Crippen molar-refractivity contribution in [3.05, 3.63) is 24.0 Å². The van der Waals surface area contributed by atoms with E-state index < -0.39 is 11.7 Å². The third kappa shape index (κ3) is 1.38. The number of hydrogen-bond donors (Lipinski definition) is 2. The molecule has 2 rings (SSSR count). The largest absolute Gasteiger partial charge is 0.504 e. The van der Waals surface area contributed by atoms with Crippen LogP contribution in [0.15, 0.2) is 22.6 Å². The SMILES string of the molecule is COc1ccc2oc(C(=O)O)c(O)c2c1. The second-order valence-electron chi connectivity index (χ2n) is 2.95. The summed E-state index contributed by atoms with van der Waals surface area (Å²) >= 11 is 0. The number of carboxylic acids is 1. The lowest BCUT2D eigenvalue weighted by Gasteiger charge is -1.97. The average Bonchev–Trinajstić information content (AvgIpc) is 2.56. The zero-order chi connectivity index (χ0) is 11.0. The molecule has 0 saturated carbocycles. The maximum atomic E-state index is 10.7. The van der Waals surface area contributed by atoms with Gasteiger partial charge in [0.2, 0.25) is 0 Å². The van der Waals surface area contributed by atoms with Crippen LogP contribution in [-0.2, 0) is 0 Å². The summed E-state index contributed by atoms with van der Waals surface area (Å²) in [7, 11) is 1.48. The Hall–Kier alpha value is -2.17. The van der Waals surface area contributed by atoms with Gasteiger partial charge in [0.15, 0.2) is 5.75 Å². The first-order valence-electron chi connectivity index (χ1n) is 4.16. The summed E-state index contributed by atoms with van der Waals surface area (Å²) in [6.45, 7) is 0. The Balaban J connectivity index is 2.72. The van der Waals surface area contributed by atoms with Crippen molar-refractivity contribution in [2.75, 3.05) is 7.11 Å². The van der Waals surface area contributed by atoms with Crippen LogP contribution in [-0.4, -0.2) is 23.3 Å². The molecular weight excluding hydrogens is 200 g/mol. The number of rotatable bonds is 2. The second kappa shape index (κ2) is 3.20. The molecule has 0 fully saturated rings. The zero-order valence-electron chi connectivity index (χ0n) is 7.85. The average molecular weight is 208 g/mol. The number of benzene rings is 1. The van der Waals surface area contributed by atoms with E-state index in [1.165, 1.54) is 13.2 Å². The predicted octanol–water partition coefficient (Wildman–Crippen LogP) is 1.85. The normalized spacial score (nSPS) is 10.5. The number of aromatic carboxylic acids is 1. The monoisotopic (exact) mass is 208 g/mol. The number of methoxy groups -OCH3 is 1. The summed E-state index contributed by atoms with van der Waals surface area (Å²) in [6.07, 6.45) is 0. The lowest BCUT2D eigenvalue weighted by molar-refractivity contribution is 0.0660. The second-order valence-corrected chi connectivity index (χ2v) is 2.95. The highest BCUT2D eigenvalue weighted by Crippen LogP contribution is 2.34. The number of ether oxygens (including phenoxy) is 1. The zero-order valence-corrected chi connectivity index (χ0v) is 7.85. The van der Waals surface area contributed by atoms with E-state index >= 15 is 0 Å². The molecule has 0 amide bonds. The van der Waals surface area contributed by atoms with E-state index in [0.717, 1.165) is 0 Å². The molecule has 0 saturated heterocycles. The predicted molar refractivity (Wildman–Crippen MR) is 51.4 cm³/mol. The van der Waals surface area contributed by atoms with Gasteiger partial charge >= 0.3 is 5.97 Å². The number of carbonyl (C=O) groups is 1. The molecular formula is C10H8O5. The molecule has 0 spiro atoms. The molecule has 5 nitrogen and oxygen atoms in total. The minimum Gasteiger partial charge on any atom is -0.504 e. The number of furan rings is 1. The van der Waals surface area contributed by atoms with Crippen molar-refractivity contribution in [3.63, 3.8) is 0 Å². The smallest absolute Gasteiger partial charge is 0.375 e. The Morgan fingerprint density at radius 1 is 1.47 bits per heavy atom. The van der Waals surface area contributed by atoms with Crippen LogP contribution in [0.5, 0.6) is 11.5 Å². The molecule has 2 aromatic rings. The summed E-state index contributed by atoms with van der Waals surface area (Å²) in [4.78, 5) is 10.7. The topological polar surface area (TPSA) is 79.9 Å². The van der Waals surface area contributed by atoms with Crippen LogP contribution in [0.2, 0.25) is 0 Å². The standard InChI is InChI=1S/C10H8O5/c1-14-5-2-3-7-6(4-5)8(11)9(15-7)10(12)13/h2-4,11H,1H3,(H,12,13). The first-order chi connectivity index (χ1) is 7.13. The maximum Gasteiger partial charge on any atom is 0.375 e. The van der Waals surface area contributed by atoms with E-state index in [2.05, 4.69) is 0 Å². The van der Waals surface area contributed by atoms with Gasteiger partial charge in [0.1, 0.15) is 11.3 Å². The van der Waals surface area contributed by atoms with Crippen LogP contribution in [0.4, 0.5) is 0 Å². The van der Waals surface area contributed by atoms with Crippen LogP contribution in [0.3, 0.4) is 0 Å². The Morgan fingerprint density at radius 2 is 2.20 bits per heavy atom. The van der Waals surface area contributed by atoms with Crippen molar-refractivity contribution < 1.29 is 24.2 Å². The van der Waals surface area contributed by atoms with Crippen LogP contribution in [0.25, 0.3) is 11.0 Å². The van der Waals surface area contributed by atoms with Gasteiger partial charge in [0, 0.05) is 0 Å². The summed E-state index contributed by atoms with van der Waals surface area (Å²) in [5.74, 6) is -1.62. The van der Waals surface area contributed by atoms with Crippen LogP contribution in [0, 0.1) is 0 Å². The van der Waals surface area contributed by atoms with Gasteiger partial charge in [-0.15, -0.1) is 0 Å². The molecule has 1 aromatic carbocycles. The van der Waals surface area contributed by atoms with E-state index in [4.69, 9.17) is 14.3 Å². The number of fused-ring (bicyclic) bond motifs is 1. The quantitative estimate of drug-likeness (QED) is 0.787. The summed E-state index contributed by atoms with van der Waals surface area (Å²) in [5, 5.41) is 18.6. The van der Waals surface area contributed by atoms with Crippen molar-refractivity contribution in [1.82, 2.24) is 0 Å². The molecule has 15 heavy (non-hydrogen) atoms. The van der Waals surface area contributed by atoms with Crippen LogP contribution >= 0.6 is 0 Å². The van der Waals surface area contributed by atoms with Crippen molar-refractivity contribution in [2.24, 2.45) is 0 Å². The summed E-state index contributed by atoms with van der Waals surface area (Å²) in [5.41, 5.74) is 0.311. The summed E-state index contributed by atoms with van der Waals surface area (Å²) in [6, 6.07) is 4.68.